The van der Waals surface area contributed by atoms with Crippen LogP contribution < -0.4 is 0 Å². The number of unbranched alkanes of at least 4 members (excludes halogenated alkanes) is 5. The van der Waals surface area contributed by atoms with Gasteiger partial charge in [0.1, 0.15) is 5.78 Å². The molecule has 0 aliphatic carbocycles. The normalized spacial score (nSPS) is 14.9. The second-order valence-corrected chi connectivity index (χ2v) is 7.36. The molecule has 1 aliphatic rings. The summed E-state index contributed by atoms with van der Waals surface area (Å²) in [6.45, 7) is 8.49. The number of carbonyl (C=O) groups excluding carboxylic acids is 3. The number of hydrogen-bond donors (Lipinski definition) is 0. The van der Waals surface area contributed by atoms with Crippen LogP contribution in [0.2, 0.25) is 0 Å². The van der Waals surface area contributed by atoms with Crippen molar-refractivity contribution < 1.29 is 14.4 Å². The van der Waals surface area contributed by atoms with Gasteiger partial charge in [0, 0.05) is 51.4 Å². The summed E-state index contributed by atoms with van der Waals surface area (Å²) in [6.07, 6.45) is 8.29. The molecule has 0 aromatic rings. The summed E-state index contributed by atoms with van der Waals surface area (Å²) in [5.74, 6) is 0.938. The van der Waals surface area contributed by atoms with Gasteiger partial charge in [0.05, 0.1) is 0 Å². The lowest BCUT2D eigenvalue weighted by molar-refractivity contribution is -0.139. The van der Waals surface area contributed by atoms with E-state index in [0.29, 0.717) is 51.2 Å². The van der Waals surface area contributed by atoms with Crippen molar-refractivity contribution in [1.29, 1.82) is 0 Å². The van der Waals surface area contributed by atoms with Crippen LogP contribution in [0, 0.1) is 5.92 Å². The zero-order valence-electron chi connectivity index (χ0n) is 16.4. The van der Waals surface area contributed by atoms with Gasteiger partial charge in [0.25, 0.3) is 0 Å². The average molecular weight is 353 g/mol. The zero-order valence-corrected chi connectivity index (χ0v) is 16.4. The Balaban J connectivity index is 2.01. The molecule has 0 bridgehead atoms. The minimum Gasteiger partial charge on any atom is -0.339 e. The Labute approximate surface area is 153 Å². The molecule has 1 saturated heterocycles. The molecule has 5 nitrogen and oxygen atoms in total. The molecule has 1 heterocycles. The molecule has 0 aromatic heterocycles. The van der Waals surface area contributed by atoms with Crippen LogP contribution in [0.5, 0.6) is 0 Å². The number of hydrogen-bond acceptors (Lipinski definition) is 3. The minimum atomic E-state index is 0.160. The Kier molecular flexibility index (Phi) is 10.4. The topological polar surface area (TPSA) is 57.7 Å². The lowest BCUT2D eigenvalue weighted by atomic mass is 10.0. The van der Waals surface area contributed by atoms with Crippen LogP contribution in [0.25, 0.3) is 0 Å². The average Bonchev–Trinajstić information content (AvgIpc) is 2.62. The molecule has 0 radical (unpaired) electrons. The maximum absolute atomic E-state index is 12.2. The molecule has 25 heavy (non-hydrogen) atoms. The number of nitrogens with zero attached hydrogens (tertiary/aromatic N) is 2. The first-order chi connectivity index (χ1) is 12.0. The van der Waals surface area contributed by atoms with E-state index in [1.165, 1.54) is 0 Å². The highest BCUT2D eigenvalue weighted by molar-refractivity contribution is 5.80. The quantitative estimate of drug-likeness (QED) is 0.535. The Hall–Kier alpha value is -1.39. The molecule has 0 N–H and O–H groups in total. The Morgan fingerprint density at radius 2 is 1.16 bits per heavy atom. The number of Topliss-reactive ketones (excluding diaryl/α,β-unsaturated/α-hetero) is 1. The summed E-state index contributed by atoms with van der Waals surface area (Å²) in [6, 6.07) is 0. The highest BCUT2D eigenvalue weighted by atomic mass is 16.2. The van der Waals surface area contributed by atoms with Crippen molar-refractivity contribution in [2.45, 2.75) is 78.6 Å². The first-order valence-corrected chi connectivity index (χ1v) is 10.0. The van der Waals surface area contributed by atoms with E-state index < -0.39 is 0 Å². The lowest BCUT2D eigenvalue weighted by Crippen LogP contribution is -2.50. The smallest absolute Gasteiger partial charge is 0.222 e. The van der Waals surface area contributed by atoms with Crippen molar-refractivity contribution in [3.8, 4) is 0 Å². The third kappa shape index (κ3) is 8.50. The van der Waals surface area contributed by atoms with E-state index in [2.05, 4.69) is 0 Å². The van der Waals surface area contributed by atoms with Gasteiger partial charge in [-0.05, 0) is 12.8 Å². The van der Waals surface area contributed by atoms with Crippen molar-refractivity contribution in [3.05, 3.63) is 0 Å². The van der Waals surface area contributed by atoms with E-state index >= 15 is 0 Å². The predicted molar refractivity (Wildman–Crippen MR) is 100 cm³/mol. The van der Waals surface area contributed by atoms with Gasteiger partial charge in [-0.15, -0.1) is 0 Å². The zero-order chi connectivity index (χ0) is 18.7. The van der Waals surface area contributed by atoms with Gasteiger partial charge >= 0.3 is 0 Å². The predicted octanol–water partition coefficient (Wildman–Crippen LogP) is 3.41. The van der Waals surface area contributed by atoms with E-state index in [9.17, 15) is 14.4 Å². The number of rotatable bonds is 11. The van der Waals surface area contributed by atoms with Crippen molar-refractivity contribution >= 4 is 17.6 Å². The van der Waals surface area contributed by atoms with E-state index in [4.69, 9.17) is 0 Å². The van der Waals surface area contributed by atoms with Gasteiger partial charge in [-0.1, -0.05) is 46.5 Å². The fourth-order valence-electron chi connectivity index (χ4n) is 3.16. The SMILES string of the molecule is CCC(=O)N1CCN(C(=O)CCCCCCCCC(=O)C(C)C)CC1. The first-order valence-electron chi connectivity index (χ1n) is 10.0. The van der Waals surface area contributed by atoms with Crippen LogP contribution in [0.15, 0.2) is 0 Å². The largest absolute Gasteiger partial charge is 0.339 e. The summed E-state index contributed by atoms with van der Waals surface area (Å²) < 4.78 is 0. The monoisotopic (exact) mass is 352 g/mol. The van der Waals surface area contributed by atoms with Crippen LogP contribution >= 0.6 is 0 Å². The van der Waals surface area contributed by atoms with E-state index in [1.807, 2.05) is 30.6 Å². The minimum absolute atomic E-state index is 0.160. The third-order valence-corrected chi connectivity index (χ3v) is 5.00. The molecule has 144 valence electrons. The second kappa shape index (κ2) is 12.0. The van der Waals surface area contributed by atoms with Crippen molar-refractivity contribution in [1.82, 2.24) is 9.80 Å². The van der Waals surface area contributed by atoms with E-state index in [0.717, 1.165) is 38.5 Å². The molecule has 0 spiro atoms. The van der Waals surface area contributed by atoms with Crippen molar-refractivity contribution in [2.24, 2.45) is 5.92 Å². The molecule has 0 unspecified atom stereocenters. The maximum atomic E-state index is 12.2. The molecular formula is C20H36N2O3. The molecule has 2 amide bonds. The number of carbonyl (C=O) groups is 3. The summed E-state index contributed by atoms with van der Waals surface area (Å²) >= 11 is 0. The highest BCUT2D eigenvalue weighted by Crippen LogP contribution is 2.12. The number of amides is 2. The second-order valence-electron chi connectivity index (χ2n) is 7.36. The van der Waals surface area contributed by atoms with Gasteiger partial charge in [-0.2, -0.15) is 0 Å². The maximum Gasteiger partial charge on any atom is 0.222 e. The number of piperazine rings is 1. The molecular weight excluding hydrogens is 316 g/mol. The third-order valence-electron chi connectivity index (χ3n) is 5.00. The van der Waals surface area contributed by atoms with Gasteiger partial charge in [-0.3, -0.25) is 14.4 Å². The van der Waals surface area contributed by atoms with Crippen molar-refractivity contribution in [2.75, 3.05) is 26.2 Å². The van der Waals surface area contributed by atoms with Crippen molar-refractivity contribution in [3.63, 3.8) is 0 Å². The molecule has 0 aromatic carbocycles. The highest BCUT2D eigenvalue weighted by Gasteiger charge is 2.22. The van der Waals surface area contributed by atoms with Gasteiger partial charge in [0.15, 0.2) is 0 Å². The molecule has 0 saturated carbocycles. The molecule has 1 rings (SSSR count). The number of ketones is 1. The lowest BCUT2D eigenvalue weighted by Gasteiger charge is -2.34. The fraction of sp³-hybridized carbons (Fsp3) is 0.850. The molecule has 5 heteroatoms. The van der Waals surface area contributed by atoms with E-state index in [1.54, 1.807) is 0 Å². The van der Waals surface area contributed by atoms with E-state index in [-0.39, 0.29) is 17.7 Å². The summed E-state index contributed by atoms with van der Waals surface area (Å²) in [5.41, 5.74) is 0. The molecule has 1 fully saturated rings. The van der Waals surface area contributed by atoms with Crippen LogP contribution in [0.3, 0.4) is 0 Å². The van der Waals surface area contributed by atoms with Gasteiger partial charge in [-0.25, -0.2) is 0 Å². The Morgan fingerprint density at radius 1 is 0.720 bits per heavy atom. The summed E-state index contributed by atoms with van der Waals surface area (Å²) in [4.78, 5) is 39.1. The van der Waals surface area contributed by atoms with Gasteiger partial charge in [0.2, 0.25) is 11.8 Å². The molecule has 1 aliphatic heterocycles. The molecule has 0 atom stereocenters. The van der Waals surface area contributed by atoms with Crippen LogP contribution in [0.4, 0.5) is 0 Å². The summed E-state index contributed by atoms with van der Waals surface area (Å²) in [7, 11) is 0. The standard InChI is InChI=1S/C20H36N2O3/c1-4-19(24)21-13-15-22(16-14-21)20(25)12-10-8-6-5-7-9-11-18(23)17(2)3/h17H,4-16H2,1-3H3. The van der Waals surface area contributed by atoms with Crippen LogP contribution in [-0.4, -0.2) is 53.6 Å². The first kappa shape index (κ1) is 21.7. The summed E-state index contributed by atoms with van der Waals surface area (Å²) in [5, 5.41) is 0. The van der Waals surface area contributed by atoms with Crippen LogP contribution in [0.1, 0.15) is 78.6 Å². The Bertz CT molecular complexity index is 427. The van der Waals surface area contributed by atoms with Gasteiger partial charge < -0.3 is 9.80 Å². The fourth-order valence-corrected chi connectivity index (χ4v) is 3.16. The Morgan fingerprint density at radius 3 is 1.64 bits per heavy atom. The van der Waals surface area contributed by atoms with Crippen LogP contribution in [-0.2, 0) is 14.4 Å².